The first-order valence-electron chi connectivity index (χ1n) is 15.1. The summed E-state index contributed by atoms with van der Waals surface area (Å²) in [5.74, 6) is 1.62. The minimum Gasteiger partial charge on any atom is -0.317 e. The molecule has 9 rings (SSSR count). The highest BCUT2D eigenvalue weighted by Crippen LogP contribution is 2.38. The van der Waals surface area contributed by atoms with Crippen LogP contribution in [0.5, 0.6) is 0 Å². The van der Waals surface area contributed by atoms with Crippen LogP contribution >= 0.6 is 0 Å². The standard InChI is InChI=1S/C40H27N5/c1-4-12-28(13-5-1)39-41-42-40(29-14-6-2-7-15-29)45(39)32-22-20-31(21-23-32)44-36-19-11-10-18-33(36)38-34-26-27-43(30-16-8-3-9-17-30)35(34)24-25-37(38)44/h1-27H. The van der Waals surface area contributed by atoms with E-state index in [1.54, 1.807) is 0 Å². The molecule has 3 heterocycles. The fraction of sp³-hybridized carbons (Fsp3) is 0. The quantitative estimate of drug-likeness (QED) is 0.204. The molecule has 0 aliphatic heterocycles. The Balaban J connectivity index is 1.22. The molecule has 0 bridgehead atoms. The van der Waals surface area contributed by atoms with Gasteiger partial charge in [0.25, 0.3) is 0 Å². The molecule has 0 unspecified atom stereocenters. The maximum absolute atomic E-state index is 4.65. The first kappa shape index (κ1) is 25.3. The van der Waals surface area contributed by atoms with E-state index < -0.39 is 0 Å². The molecule has 45 heavy (non-hydrogen) atoms. The third-order valence-electron chi connectivity index (χ3n) is 8.63. The zero-order chi connectivity index (χ0) is 29.7. The molecule has 0 aliphatic carbocycles. The third kappa shape index (κ3) is 4.02. The van der Waals surface area contributed by atoms with Crippen molar-refractivity contribution >= 4 is 32.7 Å². The van der Waals surface area contributed by atoms with Crippen LogP contribution < -0.4 is 0 Å². The Hall–Kier alpha value is -6.20. The predicted molar refractivity (Wildman–Crippen MR) is 183 cm³/mol. The van der Waals surface area contributed by atoms with Crippen LogP contribution in [0.15, 0.2) is 164 Å². The number of aromatic nitrogens is 5. The van der Waals surface area contributed by atoms with E-state index in [-0.39, 0.29) is 0 Å². The molecule has 9 aromatic rings. The van der Waals surface area contributed by atoms with E-state index in [9.17, 15) is 0 Å². The van der Waals surface area contributed by atoms with Gasteiger partial charge in [0.1, 0.15) is 0 Å². The van der Waals surface area contributed by atoms with Gasteiger partial charge in [-0.05, 0) is 60.7 Å². The van der Waals surface area contributed by atoms with Crippen LogP contribution in [0.25, 0.3) is 72.5 Å². The molecular weight excluding hydrogens is 550 g/mol. The van der Waals surface area contributed by atoms with Crippen molar-refractivity contribution in [3.8, 4) is 39.8 Å². The van der Waals surface area contributed by atoms with Crippen LogP contribution in [0, 0.1) is 0 Å². The van der Waals surface area contributed by atoms with Crippen LogP contribution in [0.4, 0.5) is 0 Å². The van der Waals surface area contributed by atoms with Crippen LogP contribution in [0.3, 0.4) is 0 Å². The Bertz CT molecular complexity index is 2390. The van der Waals surface area contributed by atoms with Crippen molar-refractivity contribution in [1.82, 2.24) is 23.9 Å². The average Bonchev–Trinajstić information content (AvgIpc) is 3.84. The van der Waals surface area contributed by atoms with Crippen molar-refractivity contribution in [1.29, 1.82) is 0 Å². The van der Waals surface area contributed by atoms with Gasteiger partial charge in [-0.25, -0.2) is 0 Å². The highest BCUT2D eigenvalue weighted by atomic mass is 15.3. The van der Waals surface area contributed by atoms with E-state index in [0.717, 1.165) is 39.8 Å². The number of rotatable bonds is 5. The van der Waals surface area contributed by atoms with E-state index in [2.05, 4.69) is 151 Å². The molecule has 0 spiro atoms. The fourth-order valence-electron chi connectivity index (χ4n) is 6.60. The maximum Gasteiger partial charge on any atom is 0.168 e. The second-order valence-corrected chi connectivity index (χ2v) is 11.2. The minimum atomic E-state index is 0.810. The molecule has 0 radical (unpaired) electrons. The fourth-order valence-corrected chi connectivity index (χ4v) is 6.60. The minimum absolute atomic E-state index is 0.810. The van der Waals surface area contributed by atoms with E-state index in [4.69, 9.17) is 0 Å². The van der Waals surface area contributed by atoms with Crippen LogP contribution in [-0.2, 0) is 0 Å². The molecule has 5 heteroatoms. The zero-order valence-corrected chi connectivity index (χ0v) is 24.3. The molecule has 0 atom stereocenters. The van der Waals surface area contributed by atoms with Gasteiger partial charge < -0.3 is 9.13 Å². The second kappa shape index (κ2) is 10.2. The highest BCUT2D eigenvalue weighted by molar-refractivity contribution is 6.21. The van der Waals surface area contributed by atoms with Gasteiger partial charge in [0.05, 0.1) is 16.6 Å². The summed E-state index contributed by atoms with van der Waals surface area (Å²) >= 11 is 0. The summed E-state index contributed by atoms with van der Waals surface area (Å²) in [6, 6.07) is 55.2. The van der Waals surface area contributed by atoms with Crippen molar-refractivity contribution < 1.29 is 0 Å². The summed E-state index contributed by atoms with van der Waals surface area (Å²) in [6.45, 7) is 0. The summed E-state index contributed by atoms with van der Waals surface area (Å²) < 4.78 is 6.79. The Morgan fingerprint density at radius 2 is 0.867 bits per heavy atom. The van der Waals surface area contributed by atoms with E-state index >= 15 is 0 Å². The predicted octanol–water partition coefficient (Wildman–Crippen LogP) is 9.64. The molecular formula is C40H27N5. The molecule has 6 aromatic carbocycles. The van der Waals surface area contributed by atoms with Gasteiger partial charge in [0.2, 0.25) is 0 Å². The van der Waals surface area contributed by atoms with Gasteiger partial charge in [-0.1, -0.05) is 97.1 Å². The molecule has 0 aliphatic rings. The summed E-state index contributed by atoms with van der Waals surface area (Å²) in [5, 5.41) is 13.0. The molecule has 0 saturated heterocycles. The molecule has 0 N–H and O–H groups in total. The number of fused-ring (bicyclic) bond motifs is 5. The number of hydrogen-bond donors (Lipinski definition) is 0. The molecule has 3 aromatic heterocycles. The first-order chi connectivity index (χ1) is 22.3. The van der Waals surface area contributed by atoms with E-state index in [0.29, 0.717) is 0 Å². The van der Waals surface area contributed by atoms with Gasteiger partial charge in [0, 0.05) is 50.5 Å². The van der Waals surface area contributed by atoms with Crippen LogP contribution in [0.2, 0.25) is 0 Å². The lowest BCUT2D eigenvalue weighted by atomic mass is 10.1. The molecule has 0 saturated carbocycles. The summed E-state index contributed by atoms with van der Waals surface area (Å²) in [6.07, 6.45) is 2.17. The SMILES string of the molecule is c1ccc(-c2nnc(-c3ccccc3)n2-c2ccc(-n3c4ccccc4c4c5ccn(-c6ccccc6)c5ccc43)cc2)cc1. The Morgan fingerprint density at radius 1 is 0.356 bits per heavy atom. The lowest BCUT2D eigenvalue weighted by molar-refractivity contribution is 1.07. The van der Waals surface area contributed by atoms with Crippen molar-refractivity contribution in [2.75, 3.05) is 0 Å². The van der Waals surface area contributed by atoms with Crippen molar-refractivity contribution in [3.05, 3.63) is 164 Å². The largest absolute Gasteiger partial charge is 0.317 e. The Kier molecular flexibility index (Phi) is 5.74. The topological polar surface area (TPSA) is 40.6 Å². The monoisotopic (exact) mass is 577 g/mol. The van der Waals surface area contributed by atoms with Gasteiger partial charge in [-0.3, -0.25) is 4.57 Å². The zero-order valence-electron chi connectivity index (χ0n) is 24.3. The Morgan fingerprint density at radius 3 is 1.51 bits per heavy atom. The number of para-hydroxylation sites is 2. The number of benzene rings is 6. The van der Waals surface area contributed by atoms with Gasteiger partial charge in [0.15, 0.2) is 11.6 Å². The normalized spacial score (nSPS) is 11.6. The van der Waals surface area contributed by atoms with Gasteiger partial charge in [-0.2, -0.15) is 0 Å². The molecule has 0 fully saturated rings. The average molecular weight is 578 g/mol. The van der Waals surface area contributed by atoms with Gasteiger partial charge >= 0.3 is 0 Å². The summed E-state index contributed by atoms with van der Waals surface area (Å²) in [7, 11) is 0. The summed E-state index contributed by atoms with van der Waals surface area (Å²) in [4.78, 5) is 0. The highest BCUT2D eigenvalue weighted by Gasteiger charge is 2.19. The van der Waals surface area contributed by atoms with Crippen LogP contribution in [-0.4, -0.2) is 23.9 Å². The lowest BCUT2D eigenvalue weighted by Gasteiger charge is -2.13. The van der Waals surface area contributed by atoms with Crippen molar-refractivity contribution in [2.45, 2.75) is 0 Å². The third-order valence-corrected chi connectivity index (χ3v) is 8.63. The van der Waals surface area contributed by atoms with Crippen LogP contribution in [0.1, 0.15) is 0 Å². The number of nitrogens with zero attached hydrogens (tertiary/aromatic N) is 5. The van der Waals surface area contributed by atoms with E-state index in [1.165, 1.54) is 32.7 Å². The first-order valence-corrected chi connectivity index (χ1v) is 15.1. The maximum atomic E-state index is 4.65. The second-order valence-electron chi connectivity index (χ2n) is 11.2. The molecule has 0 amide bonds. The molecule has 5 nitrogen and oxygen atoms in total. The smallest absolute Gasteiger partial charge is 0.168 e. The van der Waals surface area contributed by atoms with E-state index in [1.807, 2.05) is 36.4 Å². The van der Waals surface area contributed by atoms with Crippen molar-refractivity contribution in [2.24, 2.45) is 0 Å². The Labute approximate surface area is 259 Å². The number of hydrogen-bond acceptors (Lipinski definition) is 2. The summed E-state index contributed by atoms with van der Waals surface area (Å²) in [5.41, 5.74) is 8.86. The van der Waals surface area contributed by atoms with Gasteiger partial charge in [-0.15, -0.1) is 10.2 Å². The van der Waals surface area contributed by atoms with Crippen molar-refractivity contribution in [3.63, 3.8) is 0 Å². The molecule has 212 valence electrons. The lowest BCUT2D eigenvalue weighted by Crippen LogP contribution is -2.01.